The van der Waals surface area contributed by atoms with E-state index < -0.39 is 10.0 Å². The van der Waals surface area contributed by atoms with Crippen LogP contribution in [-0.2, 0) is 27.8 Å². The number of benzene rings is 2. The number of hydrogen-bond donors (Lipinski definition) is 1. The van der Waals surface area contributed by atoms with E-state index in [-0.39, 0.29) is 12.3 Å². The lowest BCUT2D eigenvalue weighted by Gasteiger charge is -2.25. The van der Waals surface area contributed by atoms with Crippen LogP contribution >= 0.6 is 0 Å². The van der Waals surface area contributed by atoms with E-state index in [1.165, 1.54) is 0 Å². The number of ether oxygens (including phenoxy) is 2. The number of carbonyl (C=O) groups excluding carboxylic acids is 1. The molecule has 0 bridgehead atoms. The van der Waals surface area contributed by atoms with Gasteiger partial charge in [0.25, 0.3) is 0 Å². The summed E-state index contributed by atoms with van der Waals surface area (Å²) >= 11 is 0. The average Bonchev–Trinajstić information content (AvgIpc) is 2.78. The highest BCUT2D eigenvalue weighted by atomic mass is 32.2. The van der Waals surface area contributed by atoms with Crippen molar-refractivity contribution < 1.29 is 22.7 Å². The van der Waals surface area contributed by atoms with Crippen LogP contribution in [0, 0.1) is 0 Å². The van der Waals surface area contributed by atoms with E-state index in [0.717, 1.165) is 30.4 Å². The Bertz CT molecular complexity index is 999. The summed E-state index contributed by atoms with van der Waals surface area (Å²) in [6, 6.07) is 12.2. The largest absolute Gasteiger partial charge is 0.486 e. The lowest BCUT2D eigenvalue weighted by molar-refractivity contribution is -0.120. The summed E-state index contributed by atoms with van der Waals surface area (Å²) in [6.07, 6.45) is 3.13. The first-order chi connectivity index (χ1) is 14.5. The molecule has 160 valence electrons. The van der Waals surface area contributed by atoms with E-state index in [1.807, 2.05) is 18.2 Å². The van der Waals surface area contributed by atoms with E-state index >= 15 is 0 Å². The second-order valence-corrected chi connectivity index (χ2v) is 9.48. The van der Waals surface area contributed by atoms with E-state index in [0.29, 0.717) is 49.2 Å². The molecule has 0 aliphatic carbocycles. The van der Waals surface area contributed by atoms with Crippen molar-refractivity contribution in [3.63, 3.8) is 0 Å². The topological polar surface area (TPSA) is 84.9 Å². The molecular weight excluding hydrogens is 404 g/mol. The molecule has 2 aliphatic rings. The summed E-state index contributed by atoms with van der Waals surface area (Å²) in [5, 5.41) is 2.88. The molecule has 2 aliphatic heterocycles. The molecule has 1 amide bonds. The molecule has 0 aromatic heterocycles. The van der Waals surface area contributed by atoms with Crippen molar-refractivity contribution in [3.05, 3.63) is 53.6 Å². The van der Waals surface area contributed by atoms with Crippen LogP contribution in [0.15, 0.2) is 47.4 Å². The Hall–Kier alpha value is -2.58. The fourth-order valence-corrected chi connectivity index (χ4v) is 5.20. The maximum Gasteiger partial charge on any atom is 0.243 e. The molecule has 30 heavy (non-hydrogen) atoms. The Morgan fingerprint density at radius 3 is 2.30 bits per heavy atom. The number of nitrogens with one attached hydrogen (secondary N) is 1. The second kappa shape index (κ2) is 9.06. The van der Waals surface area contributed by atoms with Gasteiger partial charge in [-0.05, 0) is 48.2 Å². The molecule has 1 N–H and O–H groups in total. The number of carbonyl (C=O) groups is 1. The van der Waals surface area contributed by atoms with Gasteiger partial charge in [0.05, 0.1) is 11.3 Å². The van der Waals surface area contributed by atoms with Crippen LogP contribution in [-0.4, -0.2) is 44.9 Å². The van der Waals surface area contributed by atoms with Crippen molar-refractivity contribution >= 4 is 15.9 Å². The third-order valence-corrected chi connectivity index (χ3v) is 7.25. The van der Waals surface area contributed by atoms with Crippen LogP contribution < -0.4 is 14.8 Å². The smallest absolute Gasteiger partial charge is 0.243 e. The van der Waals surface area contributed by atoms with E-state index in [1.54, 1.807) is 28.6 Å². The fraction of sp³-hybridized carbons (Fsp3) is 0.409. The van der Waals surface area contributed by atoms with Crippen LogP contribution in [0.5, 0.6) is 11.5 Å². The minimum absolute atomic E-state index is 0.114. The number of amides is 1. The second-order valence-electron chi connectivity index (χ2n) is 7.54. The van der Waals surface area contributed by atoms with E-state index in [2.05, 4.69) is 5.32 Å². The molecule has 0 unspecified atom stereocenters. The van der Waals surface area contributed by atoms with Crippen molar-refractivity contribution in [3.8, 4) is 11.5 Å². The quantitative estimate of drug-likeness (QED) is 0.761. The van der Waals surface area contributed by atoms with Gasteiger partial charge in [-0.2, -0.15) is 4.31 Å². The zero-order valence-corrected chi connectivity index (χ0v) is 17.6. The molecule has 8 heteroatoms. The molecule has 2 heterocycles. The molecule has 0 atom stereocenters. The average molecular weight is 431 g/mol. The van der Waals surface area contributed by atoms with Gasteiger partial charge in [0.1, 0.15) is 13.2 Å². The highest BCUT2D eigenvalue weighted by Gasteiger charge is 2.25. The third kappa shape index (κ3) is 4.76. The van der Waals surface area contributed by atoms with Crippen molar-refractivity contribution in [1.29, 1.82) is 0 Å². The number of piperidine rings is 1. The van der Waals surface area contributed by atoms with Crippen LogP contribution in [0.2, 0.25) is 0 Å². The van der Waals surface area contributed by atoms with Crippen molar-refractivity contribution in [1.82, 2.24) is 9.62 Å². The SMILES string of the molecule is O=C(Cc1ccc2c(c1)OCCO2)NCc1ccc(S(=O)(=O)N2CCCCC2)cc1. The van der Waals surface area contributed by atoms with Gasteiger partial charge in [-0.1, -0.05) is 24.6 Å². The summed E-state index contributed by atoms with van der Waals surface area (Å²) in [5.74, 6) is 1.25. The molecule has 0 spiro atoms. The molecule has 2 aromatic carbocycles. The minimum atomic E-state index is -3.43. The number of hydrogen-bond acceptors (Lipinski definition) is 5. The summed E-state index contributed by atoms with van der Waals surface area (Å²) in [4.78, 5) is 12.6. The molecule has 2 aromatic rings. The Kier molecular flexibility index (Phi) is 6.24. The highest BCUT2D eigenvalue weighted by Crippen LogP contribution is 2.30. The van der Waals surface area contributed by atoms with Crippen LogP contribution in [0.25, 0.3) is 0 Å². The normalized spacial score (nSPS) is 16.8. The maximum absolute atomic E-state index is 12.7. The first-order valence-corrected chi connectivity index (χ1v) is 11.7. The summed E-state index contributed by atoms with van der Waals surface area (Å²) < 4.78 is 38.0. The van der Waals surface area contributed by atoms with Gasteiger partial charge in [0.2, 0.25) is 15.9 Å². The Labute approximate surface area is 177 Å². The van der Waals surface area contributed by atoms with Crippen molar-refractivity contribution in [2.45, 2.75) is 37.1 Å². The molecule has 0 saturated carbocycles. The van der Waals surface area contributed by atoms with E-state index in [4.69, 9.17) is 9.47 Å². The monoisotopic (exact) mass is 430 g/mol. The summed E-state index contributed by atoms with van der Waals surface area (Å²) in [6.45, 7) is 2.55. The van der Waals surface area contributed by atoms with Crippen molar-refractivity contribution in [2.75, 3.05) is 26.3 Å². The predicted octanol–water partition coefficient (Wildman–Crippen LogP) is 2.49. The summed E-state index contributed by atoms with van der Waals surface area (Å²) in [7, 11) is -3.43. The third-order valence-electron chi connectivity index (χ3n) is 5.34. The van der Waals surface area contributed by atoms with Gasteiger partial charge in [0, 0.05) is 19.6 Å². The first kappa shape index (κ1) is 20.7. The minimum Gasteiger partial charge on any atom is -0.486 e. The Balaban J connectivity index is 1.32. The van der Waals surface area contributed by atoms with Crippen LogP contribution in [0.1, 0.15) is 30.4 Å². The zero-order chi connectivity index (χ0) is 21.0. The first-order valence-electron chi connectivity index (χ1n) is 10.3. The van der Waals surface area contributed by atoms with E-state index in [9.17, 15) is 13.2 Å². The number of sulfonamides is 1. The predicted molar refractivity (Wildman–Crippen MR) is 112 cm³/mol. The number of fused-ring (bicyclic) bond motifs is 1. The fourth-order valence-electron chi connectivity index (χ4n) is 3.68. The highest BCUT2D eigenvalue weighted by molar-refractivity contribution is 7.89. The van der Waals surface area contributed by atoms with Crippen LogP contribution in [0.4, 0.5) is 0 Å². The molecule has 4 rings (SSSR count). The Morgan fingerprint density at radius 1 is 0.900 bits per heavy atom. The van der Waals surface area contributed by atoms with Gasteiger partial charge < -0.3 is 14.8 Å². The molecule has 1 fully saturated rings. The molecule has 1 saturated heterocycles. The lowest BCUT2D eigenvalue weighted by atomic mass is 10.1. The van der Waals surface area contributed by atoms with Gasteiger partial charge >= 0.3 is 0 Å². The lowest BCUT2D eigenvalue weighted by Crippen LogP contribution is -2.35. The summed E-state index contributed by atoms with van der Waals surface area (Å²) in [5.41, 5.74) is 1.70. The van der Waals surface area contributed by atoms with Crippen molar-refractivity contribution in [2.24, 2.45) is 0 Å². The molecule has 0 radical (unpaired) electrons. The number of nitrogens with zero attached hydrogens (tertiary/aromatic N) is 1. The standard InChI is InChI=1S/C22H26N2O5S/c25-22(15-18-6-9-20-21(14-18)29-13-12-28-20)23-16-17-4-7-19(8-5-17)30(26,27)24-10-2-1-3-11-24/h4-9,14H,1-3,10-13,15-16H2,(H,23,25). The van der Waals surface area contributed by atoms with Gasteiger partial charge in [-0.25, -0.2) is 8.42 Å². The molecule has 7 nitrogen and oxygen atoms in total. The van der Waals surface area contributed by atoms with Crippen LogP contribution in [0.3, 0.4) is 0 Å². The zero-order valence-electron chi connectivity index (χ0n) is 16.8. The van der Waals surface area contributed by atoms with Gasteiger partial charge in [0.15, 0.2) is 11.5 Å². The Morgan fingerprint density at radius 2 is 1.57 bits per heavy atom. The van der Waals surface area contributed by atoms with Gasteiger partial charge in [-0.3, -0.25) is 4.79 Å². The number of rotatable bonds is 6. The molecular formula is C22H26N2O5S. The maximum atomic E-state index is 12.7. The van der Waals surface area contributed by atoms with Gasteiger partial charge in [-0.15, -0.1) is 0 Å².